The van der Waals surface area contributed by atoms with Crippen LogP contribution in [-0.2, 0) is 15.5 Å². The summed E-state index contributed by atoms with van der Waals surface area (Å²) >= 11 is -2.33. The van der Waals surface area contributed by atoms with Crippen LogP contribution in [0.15, 0.2) is 0 Å². The summed E-state index contributed by atoms with van der Waals surface area (Å²) in [5, 5.41) is 0. The summed E-state index contributed by atoms with van der Waals surface area (Å²) in [6.45, 7) is 2.55. The minimum Gasteiger partial charge on any atom is -1.00 e. The van der Waals surface area contributed by atoms with Gasteiger partial charge < -0.3 is 10.2 Å². The van der Waals surface area contributed by atoms with Crippen LogP contribution in [0.25, 0.3) is 0 Å². The molecular formula is C10H22LiO3S-. The molecule has 0 radical (unpaired) electrons. The summed E-state index contributed by atoms with van der Waals surface area (Å²) in [5.74, 6) is 0. The van der Waals surface area contributed by atoms with Crippen molar-refractivity contribution in [2.75, 3.05) is 6.61 Å². The molecule has 0 aromatic carbocycles. The zero-order chi connectivity index (χ0) is 10.6. The molecule has 0 aliphatic carbocycles. The molecule has 0 N–H and O–H groups in total. The van der Waals surface area contributed by atoms with Gasteiger partial charge in [0.15, 0.2) is 0 Å². The van der Waals surface area contributed by atoms with E-state index in [-0.39, 0.29) is 20.3 Å². The molecule has 0 saturated heterocycles. The van der Waals surface area contributed by atoms with Crippen LogP contribution in [0.2, 0.25) is 0 Å². The van der Waals surface area contributed by atoms with E-state index in [0.29, 0.717) is 6.61 Å². The molecule has 0 aromatic heterocycles. The van der Waals surface area contributed by atoms with E-state index in [0.717, 1.165) is 12.8 Å². The van der Waals surface area contributed by atoms with E-state index in [1.807, 2.05) is 0 Å². The van der Waals surface area contributed by atoms with Crippen LogP contribution in [0.5, 0.6) is 0 Å². The first-order valence-corrected chi connectivity index (χ1v) is 6.50. The van der Waals surface area contributed by atoms with Crippen LogP contribution in [0.1, 0.15) is 59.7 Å². The summed E-state index contributed by atoms with van der Waals surface area (Å²) in [7, 11) is 0. The quantitative estimate of drug-likeness (QED) is 0.302. The van der Waals surface area contributed by atoms with Gasteiger partial charge in [0.2, 0.25) is 0 Å². The first-order chi connectivity index (χ1) is 6.77. The van der Waals surface area contributed by atoms with E-state index in [1.165, 1.54) is 38.5 Å². The average Bonchev–Trinajstić information content (AvgIpc) is 2.15. The Hall–Kier alpha value is 0.667. The summed E-state index contributed by atoms with van der Waals surface area (Å²) in [5.41, 5.74) is 0. The molecule has 1 atom stereocenters. The predicted octanol–water partition coefficient (Wildman–Crippen LogP) is 0.0543. The van der Waals surface area contributed by atoms with E-state index < -0.39 is 11.4 Å². The van der Waals surface area contributed by atoms with Crippen LogP contribution in [0, 0.1) is 0 Å². The molecular weight excluding hydrogens is 207 g/mol. The molecule has 0 spiro atoms. The average molecular weight is 229 g/mol. The summed E-state index contributed by atoms with van der Waals surface area (Å²) < 4.78 is 24.4. The van der Waals surface area contributed by atoms with Crippen molar-refractivity contribution in [3.05, 3.63) is 0 Å². The maximum absolute atomic E-state index is 9.98. The van der Waals surface area contributed by atoms with Crippen molar-refractivity contribution in [3.63, 3.8) is 0 Å². The Bertz CT molecular complexity index is 150. The maximum Gasteiger partial charge on any atom is 1.00 e. The molecule has 0 aliphatic heterocycles. The second kappa shape index (κ2) is 14.7. The minimum atomic E-state index is -2.33. The molecule has 0 saturated carbocycles. The number of hydrogen-bond donors (Lipinski definition) is 0. The fourth-order valence-electron chi connectivity index (χ4n) is 1.36. The van der Waals surface area contributed by atoms with Crippen LogP contribution in [-0.4, -0.2) is 15.4 Å². The Balaban J connectivity index is -0.000000845. The van der Waals surface area contributed by atoms with Gasteiger partial charge in [0.1, 0.15) is 0 Å². The van der Waals surface area contributed by atoms with Crippen LogP contribution in [0.3, 0.4) is 0 Å². The van der Waals surface area contributed by atoms with Gasteiger partial charge in [0, 0.05) is 0 Å². The molecule has 0 aromatic rings. The zero-order valence-electron chi connectivity index (χ0n) is 11.0. The number of rotatable bonds is 10. The molecule has 0 fully saturated rings. The van der Waals surface area contributed by atoms with Crippen molar-refractivity contribution in [1.82, 2.24) is 0 Å². The van der Waals surface area contributed by atoms with Gasteiger partial charge in [0.25, 0.3) is 0 Å². The maximum atomic E-state index is 9.98. The van der Waals surface area contributed by atoms with Crippen molar-refractivity contribution in [3.8, 4) is 0 Å². The molecule has 0 rings (SSSR count). The van der Waals surface area contributed by atoms with Gasteiger partial charge >= 0.3 is 18.9 Å². The van der Waals surface area contributed by atoms with Crippen molar-refractivity contribution < 1.29 is 33.2 Å². The van der Waals surface area contributed by atoms with E-state index in [1.54, 1.807) is 0 Å². The molecule has 5 heteroatoms. The number of hydrogen-bond acceptors (Lipinski definition) is 3. The molecule has 0 aliphatic rings. The molecule has 0 heterocycles. The Morgan fingerprint density at radius 3 is 2.00 bits per heavy atom. The van der Waals surface area contributed by atoms with Crippen molar-refractivity contribution >= 4 is 11.4 Å². The largest absolute Gasteiger partial charge is 1.00 e. The van der Waals surface area contributed by atoms with Gasteiger partial charge in [0.05, 0.1) is 18.0 Å². The molecule has 88 valence electrons. The van der Waals surface area contributed by atoms with E-state index in [9.17, 15) is 8.76 Å². The first-order valence-electron chi connectivity index (χ1n) is 5.50. The van der Waals surface area contributed by atoms with E-state index >= 15 is 0 Å². The standard InChI is InChI=1S/C10H22O3S.Li.H/c1-2-3-4-5-6-7-8-9-10-13-14(11)12;;/h2-10H2,1H3,(H,11,12);;/q;+1;-1/p-1. The normalized spacial score (nSPS) is 12.1. The third-order valence-electron chi connectivity index (χ3n) is 2.18. The summed E-state index contributed by atoms with van der Waals surface area (Å²) in [4.78, 5) is 0. The van der Waals surface area contributed by atoms with Crippen LogP contribution in [0.4, 0.5) is 0 Å². The van der Waals surface area contributed by atoms with E-state index in [4.69, 9.17) is 0 Å². The Morgan fingerprint density at radius 1 is 1.07 bits per heavy atom. The SMILES string of the molecule is CCCCCCCCCCOS(=O)[O-].[H-].[Li+]. The second-order valence-corrected chi connectivity index (χ2v) is 4.14. The minimum absolute atomic E-state index is 0. The molecule has 0 amide bonds. The fraction of sp³-hybridized carbons (Fsp3) is 1.00. The van der Waals surface area contributed by atoms with Gasteiger partial charge in [-0.25, -0.2) is 4.21 Å². The van der Waals surface area contributed by atoms with Gasteiger partial charge in [-0.3, -0.25) is 0 Å². The van der Waals surface area contributed by atoms with Gasteiger partial charge in [-0.15, -0.1) is 0 Å². The Kier molecular flexibility index (Phi) is 17.6. The summed E-state index contributed by atoms with van der Waals surface area (Å²) in [6.07, 6.45) is 9.63. The third kappa shape index (κ3) is 17.3. The first kappa shape index (κ1) is 18.0. The number of unbranched alkanes of at least 4 members (excludes halogenated alkanes) is 7. The van der Waals surface area contributed by atoms with Gasteiger partial charge in [-0.1, -0.05) is 51.9 Å². The summed E-state index contributed by atoms with van der Waals surface area (Å²) in [6, 6.07) is 0. The van der Waals surface area contributed by atoms with Crippen LogP contribution < -0.4 is 18.9 Å². The molecule has 1 unspecified atom stereocenters. The van der Waals surface area contributed by atoms with Gasteiger partial charge in [-0.05, 0) is 6.42 Å². The monoisotopic (exact) mass is 229 g/mol. The predicted molar refractivity (Wildman–Crippen MR) is 58.6 cm³/mol. The Labute approximate surface area is 110 Å². The zero-order valence-corrected chi connectivity index (χ0v) is 10.8. The molecule has 0 bridgehead atoms. The van der Waals surface area contributed by atoms with Crippen molar-refractivity contribution in [2.24, 2.45) is 0 Å². The fourth-order valence-corrected chi connectivity index (χ4v) is 1.62. The van der Waals surface area contributed by atoms with E-state index in [2.05, 4.69) is 11.1 Å². The van der Waals surface area contributed by atoms with Crippen molar-refractivity contribution in [2.45, 2.75) is 58.3 Å². The smallest absolute Gasteiger partial charge is 1.00 e. The Morgan fingerprint density at radius 2 is 1.53 bits per heavy atom. The second-order valence-electron chi connectivity index (χ2n) is 3.50. The topological polar surface area (TPSA) is 49.4 Å². The van der Waals surface area contributed by atoms with Crippen LogP contribution >= 0.6 is 0 Å². The van der Waals surface area contributed by atoms with Gasteiger partial charge in [-0.2, -0.15) is 0 Å². The van der Waals surface area contributed by atoms with Crippen molar-refractivity contribution in [1.29, 1.82) is 0 Å². The molecule has 15 heavy (non-hydrogen) atoms. The third-order valence-corrected chi connectivity index (χ3v) is 2.54. The molecule has 3 nitrogen and oxygen atoms in total.